The monoisotopic (exact) mass is 262 g/mol. The molecular formula is C15H18O4. The van der Waals surface area contributed by atoms with E-state index in [1.807, 2.05) is 26.8 Å². The summed E-state index contributed by atoms with van der Waals surface area (Å²) in [6, 6.07) is 3.10. The highest BCUT2D eigenvalue weighted by Crippen LogP contribution is 2.23. The van der Waals surface area contributed by atoms with E-state index in [-0.39, 0.29) is 12.1 Å². The Morgan fingerprint density at radius 2 is 2.21 bits per heavy atom. The van der Waals surface area contributed by atoms with Gasteiger partial charge in [0.05, 0.1) is 5.41 Å². The molecular weight excluding hydrogens is 244 g/mol. The zero-order valence-electron chi connectivity index (χ0n) is 11.4. The Hall–Kier alpha value is -1.84. The van der Waals surface area contributed by atoms with Crippen LogP contribution >= 0.6 is 0 Å². The summed E-state index contributed by atoms with van der Waals surface area (Å²) >= 11 is 0. The van der Waals surface area contributed by atoms with E-state index >= 15 is 0 Å². The smallest absolute Gasteiger partial charge is 0.336 e. The van der Waals surface area contributed by atoms with Crippen LogP contribution in [0.4, 0.5) is 0 Å². The quantitative estimate of drug-likeness (QED) is 0.761. The third-order valence-corrected chi connectivity index (χ3v) is 3.50. The molecule has 1 aromatic heterocycles. The third kappa shape index (κ3) is 2.95. The summed E-state index contributed by atoms with van der Waals surface area (Å²) in [7, 11) is 0. The molecule has 1 atom stereocenters. The maximum Gasteiger partial charge on any atom is 0.336 e. The molecule has 1 unspecified atom stereocenters. The fraction of sp³-hybridized carbons (Fsp3) is 0.467. The Kier molecular flexibility index (Phi) is 3.60. The number of hydrogen-bond donors (Lipinski definition) is 0. The minimum Gasteiger partial charge on any atom is -0.457 e. The molecule has 0 radical (unpaired) electrons. The zero-order valence-corrected chi connectivity index (χ0v) is 11.4. The number of carbonyl (C=O) groups is 1. The second kappa shape index (κ2) is 5.03. The number of fused-ring (bicyclic) bond motifs is 1. The van der Waals surface area contributed by atoms with Gasteiger partial charge < -0.3 is 9.15 Å². The van der Waals surface area contributed by atoms with Gasteiger partial charge in [0.2, 0.25) is 0 Å². The van der Waals surface area contributed by atoms with Gasteiger partial charge in [-0.2, -0.15) is 0 Å². The van der Waals surface area contributed by atoms with Crippen molar-refractivity contribution in [3.63, 3.8) is 0 Å². The fourth-order valence-electron chi connectivity index (χ4n) is 1.74. The molecule has 1 aromatic rings. The molecule has 0 N–H and O–H groups in total. The van der Waals surface area contributed by atoms with Crippen molar-refractivity contribution in [2.24, 2.45) is 5.41 Å². The molecule has 0 aliphatic heterocycles. The molecule has 0 amide bonds. The summed E-state index contributed by atoms with van der Waals surface area (Å²) in [5.41, 5.74) is -0.416. The predicted octanol–water partition coefficient (Wildman–Crippen LogP) is 0.953. The van der Waals surface area contributed by atoms with Gasteiger partial charge in [-0.3, -0.25) is 4.79 Å². The maximum absolute atomic E-state index is 12.0. The van der Waals surface area contributed by atoms with Crippen LogP contribution in [0, 0.1) is 5.41 Å². The minimum atomic E-state index is -0.494. The lowest BCUT2D eigenvalue weighted by Crippen LogP contribution is -2.36. The molecule has 0 aromatic carbocycles. The lowest BCUT2D eigenvalue weighted by molar-refractivity contribution is -0.156. The Morgan fingerprint density at radius 3 is 2.89 bits per heavy atom. The van der Waals surface area contributed by atoms with Crippen molar-refractivity contribution >= 4 is 18.1 Å². The predicted molar refractivity (Wildman–Crippen MR) is 71.7 cm³/mol. The molecule has 0 fully saturated rings. The molecule has 0 saturated heterocycles. The summed E-state index contributed by atoms with van der Waals surface area (Å²) in [5, 5.41) is 0.863. The van der Waals surface area contributed by atoms with Crippen molar-refractivity contribution in [1.29, 1.82) is 0 Å². The van der Waals surface area contributed by atoms with Crippen LogP contribution in [-0.2, 0) is 9.53 Å². The van der Waals surface area contributed by atoms with Crippen LogP contribution in [0.2, 0.25) is 0 Å². The Bertz CT molecular complexity index is 651. The van der Waals surface area contributed by atoms with Crippen LogP contribution in [0.5, 0.6) is 0 Å². The second-order valence-corrected chi connectivity index (χ2v) is 5.36. The molecule has 0 bridgehead atoms. The lowest BCUT2D eigenvalue weighted by Gasteiger charge is -2.24. The number of ether oxygens (including phenoxy) is 1. The van der Waals surface area contributed by atoms with Crippen molar-refractivity contribution in [1.82, 2.24) is 0 Å². The Morgan fingerprint density at radius 1 is 1.47 bits per heavy atom. The number of esters is 1. The van der Waals surface area contributed by atoms with Crippen LogP contribution in [0.15, 0.2) is 21.3 Å². The summed E-state index contributed by atoms with van der Waals surface area (Å²) in [4.78, 5) is 23.2. The largest absolute Gasteiger partial charge is 0.457 e. The Balaban J connectivity index is 2.22. The van der Waals surface area contributed by atoms with Crippen LogP contribution in [-0.4, -0.2) is 12.1 Å². The molecule has 19 heavy (non-hydrogen) atoms. The van der Waals surface area contributed by atoms with Crippen molar-refractivity contribution < 1.29 is 13.9 Å². The molecule has 0 spiro atoms. The SMILES string of the molecule is CCC(C)(C)C(=O)OC1C=c2oc(=O)ccc2=CC1. The molecule has 0 saturated carbocycles. The third-order valence-electron chi connectivity index (χ3n) is 3.50. The highest BCUT2D eigenvalue weighted by Gasteiger charge is 2.29. The van der Waals surface area contributed by atoms with Gasteiger partial charge in [0.15, 0.2) is 0 Å². The Labute approximate surface area is 111 Å². The molecule has 1 aliphatic rings. The van der Waals surface area contributed by atoms with Gasteiger partial charge in [0.25, 0.3) is 0 Å². The normalized spacial score (nSPS) is 17.9. The van der Waals surface area contributed by atoms with E-state index in [2.05, 4.69) is 0 Å². The highest BCUT2D eigenvalue weighted by molar-refractivity contribution is 5.76. The average Bonchev–Trinajstić information content (AvgIpc) is 2.38. The van der Waals surface area contributed by atoms with E-state index in [4.69, 9.17) is 9.15 Å². The van der Waals surface area contributed by atoms with Crippen molar-refractivity contribution in [3.05, 3.63) is 33.2 Å². The van der Waals surface area contributed by atoms with Gasteiger partial charge in [-0.05, 0) is 32.4 Å². The summed E-state index contributed by atoms with van der Waals surface area (Å²) in [5.74, 6) is -0.230. The van der Waals surface area contributed by atoms with E-state index in [1.165, 1.54) is 6.07 Å². The first-order chi connectivity index (χ1) is 8.92. The van der Waals surface area contributed by atoms with Gasteiger partial charge in [-0.25, -0.2) is 4.79 Å². The second-order valence-electron chi connectivity index (χ2n) is 5.36. The zero-order chi connectivity index (χ0) is 14.0. The topological polar surface area (TPSA) is 56.5 Å². The first-order valence-corrected chi connectivity index (χ1v) is 6.45. The lowest BCUT2D eigenvalue weighted by atomic mass is 9.90. The molecule has 2 rings (SSSR count). The highest BCUT2D eigenvalue weighted by atomic mass is 16.5. The van der Waals surface area contributed by atoms with Crippen LogP contribution < -0.4 is 16.3 Å². The summed E-state index contributed by atoms with van der Waals surface area (Å²) in [6.45, 7) is 5.66. The van der Waals surface area contributed by atoms with E-state index < -0.39 is 11.0 Å². The molecule has 102 valence electrons. The van der Waals surface area contributed by atoms with Crippen LogP contribution in [0.25, 0.3) is 12.2 Å². The molecule has 4 nitrogen and oxygen atoms in total. The van der Waals surface area contributed by atoms with E-state index in [9.17, 15) is 9.59 Å². The van der Waals surface area contributed by atoms with Crippen molar-refractivity contribution in [3.8, 4) is 0 Å². The van der Waals surface area contributed by atoms with Crippen LogP contribution in [0.1, 0.15) is 33.6 Å². The van der Waals surface area contributed by atoms with E-state index in [1.54, 1.807) is 12.1 Å². The summed E-state index contributed by atoms with van der Waals surface area (Å²) in [6.07, 6.45) is 4.56. The van der Waals surface area contributed by atoms with Crippen LogP contribution in [0.3, 0.4) is 0 Å². The number of hydrogen-bond acceptors (Lipinski definition) is 4. The van der Waals surface area contributed by atoms with Gasteiger partial charge in [0, 0.05) is 17.7 Å². The van der Waals surface area contributed by atoms with Gasteiger partial charge >= 0.3 is 11.6 Å². The fourth-order valence-corrected chi connectivity index (χ4v) is 1.74. The standard InChI is InChI=1S/C15H18O4/c1-4-15(2,3)14(17)18-11-7-5-10-6-8-13(16)19-12(10)9-11/h5-6,8-9,11H,4,7H2,1-3H3. The van der Waals surface area contributed by atoms with Crippen molar-refractivity contribution in [2.45, 2.75) is 39.7 Å². The average molecular weight is 262 g/mol. The van der Waals surface area contributed by atoms with E-state index in [0.29, 0.717) is 18.3 Å². The first kappa shape index (κ1) is 13.6. The maximum atomic E-state index is 12.0. The molecule has 4 heteroatoms. The van der Waals surface area contributed by atoms with E-state index in [0.717, 1.165) is 5.22 Å². The molecule has 1 aliphatic carbocycles. The van der Waals surface area contributed by atoms with Gasteiger partial charge in [-0.15, -0.1) is 0 Å². The van der Waals surface area contributed by atoms with Crippen molar-refractivity contribution in [2.75, 3.05) is 0 Å². The number of carbonyl (C=O) groups excluding carboxylic acids is 1. The van der Waals surface area contributed by atoms with Gasteiger partial charge in [-0.1, -0.05) is 13.0 Å². The first-order valence-electron chi connectivity index (χ1n) is 6.45. The minimum absolute atomic E-state index is 0.230. The molecule has 1 heterocycles. The summed E-state index contributed by atoms with van der Waals surface area (Å²) < 4.78 is 10.5. The number of rotatable bonds is 3. The van der Waals surface area contributed by atoms with Gasteiger partial charge in [0.1, 0.15) is 11.5 Å².